The van der Waals surface area contributed by atoms with Gasteiger partial charge in [-0.1, -0.05) is 40.2 Å². The summed E-state index contributed by atoms with van der Waals surface area (Å²) in [5, 5.41) is 13.9. The van der Waals surface area contributed by atoms with Gasteiger partial charge >= 0.3 is 0 Å². The number of carbonyl (C=O) groups excluding carboxylic acids is 2. The lowest BCUT2D eigenvalue weighted by atomic mass is 9.95. The van der Waals surface area contributed by atoms with E-state index < -0.39 is 23.5 Å². The van der Waals surface area contributed by atoms with Gasteiger partial charge in [-0.2, -0.15) is 0 Å². The summed E-state index contributed by atoms with van der Waals surface area (Å²) in [7, 11) is 1.52. The Morgan fingerprint density at radius 3 is 2.59 bits per heavy atom. The maximum atomic E-state index is 13.6. The number of fused-ring (bicyclic) bond motifs is 1. The molecule has 1 atom stereocenters. The molecule has 3 aromatic rings. The predicted octanol–water partition coefficient (Wildman–Crippen LogP) is 2.51. The highest BCUT2D eigenvalue weighted by Crippen LogP contribution is 2.39. The predicted molar refractivity (Wildman–Crippen MR) is 130 cm³/mol. The van der Waals surface area contributed by atoms with Gasteiger partial charge in [-0.25, -0.2) is 0 Å². The van der Waals surface area contributed by atoms with Gasteiger partial charge in [0.05, 0.1) is 39.3 Å². The molecule has 0 aliphatic carbocycles. The highest BCUT2D eigenvalue weighted by atomic mass is 79.9. The number of quaternary nitrogens is 1. The smallest absolute Gasteiger partial charge is 0.240 e. The molecule has 2 aromatic carbocycles. The molecule has 1 unspecified atom stereocenters. The lowest BCUT2D eigenvalue weighted by molar-refractivity contribution is -0.895. The molecule has 8 heteroatoms. The van der Waals surface area contributed by atoms with Crippen LogP contribution in [-0.4, -0.2) is 49.9 Å². The van der Waals surface area contributed by atoms with Crippen LogP contribution in [0.15, 0.2) is 68.8 Å². The lowest BCUT2D eigenvalue weighted by Crippen LogP contribution is -3.12. The van der Waals surface area contributed by atoms with Gasteiger partial charge in [-0.15, -0.1) is 0 Å². The number of hydrogen-bond acceptors (Lipinski definition) is 5. The first-order chi connectivity index (χ1) is 16.4. The Hall–Kier alpha value is -3.10. The number of nitrogens with zero attached hydrogens (tertiary/aromatic N) is 1. The van der Waals surface area contributed by atoms with Gasteiger partial charge in [-0.05, 0) is 49.4 Å². The summed E-state index contributed by atoms with van der Waals surface area (Å²) in [4.78, 5) is 29.6. The number of nitrogens with one attached hydrogen (secondary N) is 1. The van der Waals surface area contributed by atoms with Crippen molar-refractivity contribution >= 4 is 38.6 Å². The van der Waals surface area contributed by atoms with E-state index >= 15 is 0 Å². The standard InChI is InChI=1S/C26H27BrN2O5/c1-4-28(5-2)12-13-29-22(16-8-6-10-18(27)14-16)21(24(31)26(29)32)23(30)20-15-17-9-7-11-19(33-3)25(17)34-20/h6-11,14-15,22,31H,4-5,12-13H2,1-3H3. The summed E-state index contributed by atoms with van der Waals surface area (Å²) < 4.78 is 12.0. The topological polar surface area (TPSA) is 87.2 Å². The Morgan fingerprint density at radius 2 is 1.91 bits per heavy atom. The fourth-order valence-corrected chi connectivity index (χ4v) is 4.86. The number of likely N-dealkylation sites (N-methyl/N-ethyl adjacent to an activating group) is 1. The summed E-state index contributed by atoms with van der Waals surface area (Å²) in [6, 6.07) is 13.5. The summed E-state index contributed by atoms with van der Waals surface area (Å²) in [6.45, 7) is 7.02. The number of halogens is 1. The minimum absolute atomic E-state index is 0.00636. The van der Waals surface area contributed by atoms with Crippen LogP contribution in [0.4, 0.5) is 0 Å². The van der Waals surface area contributed by atoms with E-state index in [1.54, 1.807) is 24.3 Å². The van der Waals surface area contributed by atoms with Gasteiger partial charge in [0.1, 0.15) is 0 Å². The Balaban J connectivity index is 1.77. The molecule has 1 N–H and O–H groups in total. The Morgan fingerprint density at radius 1 is 1.18 bits per heavy atom. The second kappa shape index (κ2) is 10.0. The highest BCUT2D eigenvalue weighted by Gasteiger charge is 2.40. The van der Waals surface area contributed by atoms with Crippen LogP contribution in [0, 0.1) is 0 Å². The third-order valence-electron chi connectivity index (χ3n) is 6.35. The van der Waals surface area contributed by atoms with E-state index in [0.29, 0.717) is 35.4 Å². The molecular formula is C26H27BrN2O5. The van der Waals surface area contributed by atoms with Crippen LogP contribution in [0.5, 0.6) is 5.75 Å². The molecule has 4 rings (SSSR count). The van der Waals surface area contributed by atoms with Crippen LogP contribution in [0.3, 0.4) is 0 Å². The number of furan rings is 1. The minimum atomic E-state index is -0.782. The average molecular weight is 527 g/mol. The van der Waals surface area contributed by atoms with Crippen molar-refractivity contribution in [1.29, 1.82) is 0 Å². The molecule has 0 saturated carbocycles. The van der Waals surface area contributed by atoms with Crippen LogP contribution in [0.25, 0.3) is 11.0 Å². The van der Waals surface area contributed by atoms with Crippen molar-refractivity contribution in [2.45, 2.75) is 19.9 Å². The molecular weight excluding hydrogens is 500 g/mol. The molecule has 1 aliphatic heterocycles. The maximum Gasteiger partial charge on any atom is 0.240 e. The number of rotatable bonds is 9. The van der Waals surface area contributed by atoms with Crippen LogP contribution in [-0.2, 0) is 4.79 Å². The quantitative estimate of drug-likeness (QED) is 0.433. The minimum Gasteiger partial charge on any atom is -0.868 e. The molecule has 0 radical (unpaired) electrons. The Labute approximate surface area is 206 Å². The molecule has 1 aromatic heterocycles. The SMILES string of the molecule is CC[NH+](CC)CCN1C(=O)C([O-])=C(C(=O)c2cc3cccc(OC)c3o2)C1c1cccc(Br)c1. The van der Waals surface area contributed by atoms with Gasteiger partial charge in [0.25, 0.3) is 0 Å². The molecule has 178 valence electrons. The highest BCUT2D eigenvalue weighted by molar-refractivity contribution is 9.10. The zero-order valence-corrected chi connectivity index (χ0v) is 21.0. The van der Waals surface area contributed by atoms with Crippen LogP contribution in [0.1, 0.15) is 36.0 Å². The van der Waals surface area contributed by atoms with Crippen molar-refractivity contribution in [1.82, 2.24) is 4.90 Å². The first-order valence-electron chi connectivity index (χ1n) is 11.3. The zero-order chi connectivity index (χ0) is 24.4. The summed E-state index contributed by atoms with van der Waals surface area (Å²) >= 11 is 3.47. The largest absolute Gasteiger partial charge is 0.868 e. The van der Waals surface area contributed by atoms with Crippen LogP contribution < -0.4 is 14.7 Å². The third-order valence-corrected chi connectivity index (χ3v) is 6.85. The fraction of sp³-hybridized carbons (Fsp3) is 0.308. The number of hydrogen-bond donors (Lipinski definition) is 1. The van der Waals surface area contributed by atoms with Gasteiger partial charge in [0, 0.05) is 15.4 Å². The van der Waals surface area contributed by atoms with Crippen LogP contribution >= 0.6 is 15.9 Å². The number of para-hydroxylation sites is 1. The third kappa shape index (κ3) is 4.35. The van der Waals surface area contributed by atoms with Crippen molar-refractivity contribution < 1.29 is 28.7 Å². The summed E-state index contributed by atoms with van der Waals surface area (Å²) in [5.74, 6) is -1.53. The van der Waals surface area contributed by atoms with Crippen molar-refractivity contribution in [3.05, 3.63) is 75.7 Å². The summed E-state index contributed by atoms with van der Waals surface area (Å²) in [6.07, 6.45) is 0. The Kier molecular flexibility index (Phi) is 7.09. The molecule has 0 spiro atoms. The molecule has 1 amide bonds. The Bertz CT molecular complexity index is 1260. The monoisotopic (exact) mass is 526 g/mol. The van der Waals surface area contributed by atoms with E-state index in [1.807, 2.05) is 24.3 Å². The summed E-state index contributed by atoms with van der Waals surface area (Å²) in [5.41, 5.74) is 1.03. The average Bonchev–Trinajstić information content (AvgIpc) is 3.39. The van der Waals surface area contributed by atoms with Crippen molar-refractivity contribution in [2.24, 2.45) is 0 Å². The molecule has 0 fully saturated rings. The second-order valence-corrected chi connectivity index (χ2v) is 9.14. The first-order valence-corrected chi connectivity index (χ1v) is 12.1. The number of methoxy groups -OCH3 is 1. The maximum absolute atomic E-state index is 13.6. The lowest BCUT2D eigenvalue weighted by Gasteiger charge is -2.29. The van der Waals surface area contributed by atoms with Crippen LogP contribution in [0.2, 0.25) is 0 Å². The molecule has 1 aliphatic rings. The number of carbonyl (C=O) groups is 2. The van der Waals surface area contributed by atoms with E-state index in [2.05, 4.69) is 29.8 Å². The number of Topliss-reactive ketones (excluding diaryl/α,β-unsaturated/α-hetero) is 1. The second-order valence-electron chi connectivity index (χ2n) is 8.22. The molecule has 2 heterocycles. The van der Waals surface area contributed by atoms with E-state index in [-0.39, 0.29) is 11.3 Å². The van der Waals surface area contributed by atoms with E-state index in [4.69, 9.17) is 9.15 Å². The number of ether oxygens (including phenoxy) is 1. The van der Waals surface area contributed by atoms with Gasteiger partial charge in [0.15, 0.2) is 17.1 Å². The molecule has 0 saturated heterocycles. The van der Waals surface area contributed by atoms with Crippen molar-refractivity contribution in [3.63, 3.8) is 0 Å². The normalized spacial score (nSPS) is 16.2. The molecule has 7 nitrogen and oxygen atoms in total. The first kappa shape index (κ1) is 24.0. The molecule has 34 heavy (non-hydrogen) atoms. The fourth-order valence-electron chi connectivity index (χ4n) is 4.45. The van der Waals surface area contributed by atoms with E-state index in [1.165, 1.54) is 16.9 Å². The van der Waals surface area contributed by atoms with Gasteiger partial charge < -0.3 is 24.1 Å². The van der Waals surface area contributed by atoms with E-state index in [9.17, 15) is 14.7 Å². The van der Waals surface area contributed by atoms with E-state index in [0.717, 1.165) is 17.6 Å². The zero-order valence-electron chi connectivity index (χ0n) is 19.4. The van der Waals surface area contributed by atoms with Crippen molar-refractivity contribution in [2.75, 3.05) is 33.3 Å². The van der Waals surface area contributed by atoms with Gasteiger partial charge in [-0.3, -0.25) is 9.59 Å². The number of benzene rings is 2. The number of ketones is 1. The van der Waals surface area contributed by atoms with Crippen molar-refractivity contribution in [3.8, 4) is 5.75 Å². The number of amides is 1. The van der Waals surface area contributed by atoms with Gasteiger partial charge in [0.2, 0.25) is 11.7 Å². The molecule has 0 bridgehead atoms.